The van der Waals surface area contributed by atoms with Crippen LogP contribution in [0.1, 0.15) is 47.0 Å². The zero-order valence-electron chi connectivity index (χ0n) is 12.6. The average molecular weight is 281 g/mol. The van der Waals surface area contributed by atoms with E-state index in [4.69, 9.17) is 0 Å². The predicted molar refractivity (Wildman–Crippen MR) is 73.9 cm³/mol. The van der Waals surface area contributed by atoms with Gasteiger partial charge in [0.15, 0.2) is 0 Å². The summed E-state index contributed by atoms with van der Waals surface area (Å²) < 4.78 is 0. The lowest BCUT2D eigenvalue weighted by Crippen LogP contribution is -2.45. The molecule has 2 aliphatic rings. The van der Waals surface area contributed by atoms with Crippen LogP contribution in [0.5, 0.6) is 0 Å². The lowest BCUT2D eigenvalue weighted by molar-refractivity contribution is -0.134. The molecule has 0 aromatic heterocycles. The highest BCUT2D eigenvalue weighted by Gasteiger charge is 2.45. The maximum atomic E-state index is 12.0. The van der Waals surface area contributed by atoms with Gasteiger partial charge in [-0.2, -0.15) is 0 Å². The minimum Gasteiger partial charge on any atom is -0.352 e. The fourth-order valence-corrected chi connectivity index (χ4v) is 2.94. The van der Waals surface area contributed by atoms with E-state index < -0.39 is 11.6 Å². The van der Waals surface area contributed by atoms with Crippen LogP contribution in [0, 0.1) is 5.41 Å². The van der Waals surface area contributed by atoms with Crippen LogP contribution in [0.15, 0.2) is 0 Å². The first-order valence-corrected chi connectivity index (χ1v) is 7.04. The summed E-state index contributed by atoms with van der Waals surface area (Å²) in [4.78, 5) is 36.6. The molecule has 6 heteroatoms. The molecule has 0 spiro atoms. The highest BCUT2D eigenvalue weighted by molar-refractivity contribution is 6.08. The van der Waals surface area contributed by atoms with Gasteiger partial charge in [0.05, 0.1) is 0 Å². The lowest BCUT2D eigenvalue weighted by atomic mass is 9.92. The van der Waals surface area contributed by atoms with Crippen LogP contribution in [-0.4, -0.2) is 40.9 Å². The van der Waals surface area contributed by atoms with E-state index in [0.717, 1.165) is 24.2 Å². The van der Waals surface area contributed by atoms with Crippen molar-refractivity contribution in [2.45, 2.75) is 58.5 Å². The fourth-order valence-electron chi connectivity index (χ4n) is 2.94. The van der Waals surface area contributed by atoms with Crippen LogP contribution in [0.25, 0.3) is 0 Å². The zero-order chi connectivity index (χ0) is 15.1. The van der Waals surface area contributed by atoms with E-state index in [9.17, 15) is 14.4 Å². The smallest absolute Gasteiger partial charge is 0.325 e. The molecular formula is C14H23N3O3. The Balaban J connectivity index is 1.90. The van der Waals surface area contributed by atoms with Gasteiger partial charge in [-0.05, 0) is 38.5 Å². The molecule has 20 heavy (non-hydrogen) atoms. The van der Waals surface area contributed by atoms with Crippen LogP contribution in [0.4, 0.5) is 4.79 Å². The van der Waals surface area contributed by atoms with Gasteiger partial charge >= 0.3 is 6.03 Å². The largest absolute Gasteiger partial charge is 0.352 e. The van der Waals surface area contributed by atoms with Crippen molar-refractivity contribution in [2.75, 3.05) is 6.54 Å². The van der Waals surface area contributed by atoms with Crippen LogP contribution in [0.3, 0.4) is 0 Å². The summed E-state index contributed by atoms with van der Waals surface area (Å²) >= 11 is 0. The first-order valence-electron chi connectivity index (χ1n) is 7.04. The Bertz CT molecular complexity index is 457. The number of rotatable bonds is 3. The molecule has 1 atom stereocenters. The number of amides is 4. The number of nitrogens with zero attached hydrogens (tertiary/aromatic N) is 1. The fraction of sp³-hybridized carbons (Fsp3) is 0.786. The standard InChI is InChI=1S/C14H23N3O3/c1-13(2)6-5-9(7-13)15-10(18)8-17-11(19)14(3,4)16-12(17)20/h9H,5-8H2,1-4H3,(H,15,18)(H,16,20). The Morgan fingerprint density at radius 1 is 1.35 bits per heavy atom. The summed E-state index contributed by atoms with van der Waals surface area (Å²) in [5, 5.41) is 5.48. The minimum absolute atomic E-state index is 0.145. The monoisotopic (exact) mass is 281 g/mol. The van der Waals surface area contributed by atoms with Gasteiger partial charge in [0.2, 0.25) is 5.91 Å². The third-order valence-electron chi connectivity index (χ3n) is 4.08. The first kappa shape index (κ1) is 14.8. The van der Waals surface area contributed by atoms with E-state index in [0.29, 0.717) is 0 Å². The van der Waals surface area contributed by atoms with Crippen LogP contribution < -0.4 is 10.6 Å². The second-order valence-corrected chi connectivity index (χ2v) is 7.12. The summed E-state index contributed by atoms with van der Waals surface area (Å²) in [5.41, 5.74) is -0.673. The van der Waals surface area contributed by atoms with Gasteiger partial charge < -0.3 is 10.6 Å². The Labute approximate surface area is 119 Å². The molecule has 1 unspecified atom stereocenters. The molecule has 6 nitrogen and oxygen atoms in total. The van der Waals surface area contributed by atoms with E-state index in [-0.39, 0.29) is 29.8 Å². The molecule has 1 heterocycles. The van der Waals surface area contributed by atoms with Crippen molar-refractivity contribution in [3.8, 4) is 0 Å². The van der Waals surface area contributed by atoms with E-state index in [1.807, 2.05) is 0 Å². The number of carbonyl (C=O) groups excluding carboxylic acids is 3. The molecule has 0 aromatic rings. The Morgan fingerprint density at radius 3 is 2.45 bits per heavy atom. The van der Waals surface area contributed by atoms with Gasteiger partial charge in [-0.15, -0.1) is 0 Å². The number of hydrogen-bond acceptors (Lipinski definition) is 3. The average Bonchev–Trinajstić information content (AvgIpc) is 2.71. The Hall–Kier alpha value is -1.59. The molecule has 4 amide bonds. The molecule has 1 saturated heterocycles. The molecular weight excluding hydrogens is 258 g/mol. The topological polar surface area (TPSA) is 78.5 Å². The van der Waals surface area contributed by atoms with Crippen LogP contribution in [0.2, 0.25) is 0 Å². The summed E-state index contributed by atoms with van der Waals surface area (Å²) in [5.74, 6) is -0.627. The second kappa shape index (κ2) is 4.75. The molecule has 0 bridgehead atoms. The van der Waals surface area contributed by atoms with E-state index in [1.165, 1.54) is 0 Å². The number of nitrogens with one attached hydrogen (secondary N) is 2. The normalized spacial score (nSPS) is 27.6. The van der Waals surface area contributed by atoms with Gasteiger partial charge in [-0.25, -0.2) is 4.79 Å². The number of hydrogen-bond donors (Lipinski definition) is 2. The van der Waals surface area contributed by atoms with Crippen molar-refractivity contribution in [2.24, 2.45) is 5.41 Å². The quantitative estimate of drug-likeness (QED) is 0.758. The van der Waals surface area contributed by atoms with Crippen molar-refractivity contribution in [1.82, 2.24) is 15.5 Å². The number of urea groups is 1. The predicted octanol–water partition coefficient (Wildman–Crippen LogP) is 1.01. The molecule has 0 radical (unpaired) electrons. The van der Waals surface area contributed by atoms with Gasteiger partial charge in [0, 0.05) is 6.04 Å². The first-order chi connectivity index (χ1) is 9.11. The summed E-state index contributed by atoms with van der Waals surface area (Å²) in [6.45, 7) is 7.42. The minimum atomic E-state index is -0.924. The molecule has 1 aliphatic heterocycles. The summed E-state index contributed by atoms with van der Waals surface area (Å²) in [6.07, 6.45) is 2.96. The second-order valence-electron chi connectivity index (χ2n) is 7.12. The molecule has 2 rings (SSSR count). The number of carbonyl (C=O) groups is 3. The highest BCUT2D eigenvalue weighted by Crippen LogP contribution is 2.36. The Kier molecular flexibility index (Phi) is 3.52. The van der Waals surface area contributed by atoms with E-state index >= 15 is 0 Å². The van der Waals surface area contributed by atoms with Crippen molar-refractivity contribution in [1.29, 1.82) is 0 Å². The van der Waals surface area contributed by atoms with E-state index in [1.54, 1.807) is 13.8 Å². The molecule has 1 aliphatic carbocycles. The van der Waals surface area contributed by atoms with Crippen molar-refractivity contribution in [3.05, 3.63) is 0 Å². The third-order valence-corrected chi connectivity index (χ3v) is 4.08. The SMILES string of the molecule is CC1(C)CCC(NC(=O)CN2C(=O)NC(C)(C)C2=O)C1. The lowest BCUT2D eigenvalue weighted by Gasteiger charge is -2.19. The molecule has 112 valence electrons. The molecule has 2 N–H and O–H groups in total. The van der Waals surface area contributed by atoms with Crippen molar-refractivity contribution >= 4 is 17.8 Å². The molecule has 1 saturated carbocycles. The molecule has 0 aromatic carbocycles. The van der Waals surface area contributed by atoms with Crippen LogP contribution >= 0.6 is 0 Å². The van der Waals surface area contributed by atoms with Gasteiger partial charge in [0.25, 0.3) is 5.91 Å². The maximum absolute atomic E-state index is 12.0. The van der Waals surface area contributed by atoms with Crippen molar-refractivity contribution < 1.29 is 14.4 Å². The Morgan fingerprint density at radius 2 is 2.00 bits per heavy atom. The maximum Gasteiger partial charge on any atom is 0.325 e. The number of imide groups is 1. The van der Waals surface area contributed by atoms with Crippen LogP contribution in [-0.2, 0) is 9.59 Å². The third kappa shape index (κ3) is 2.94. The molecule has 2 fully saturated rings. The van der Waals surface area contributed by atoms with Gasteiger partial charge in [0.1, 0.15) is 12.1 Å². The van der Waals surface area contributed by atoms with Gasteiger partial charge in [-0.1, -0.05) is 13.8 Å². The summed E-state index contributed by atoms with van der Waals surface area (Å²) in [7, 11) is 0. The summed E-state index contributed by atoms with van der Waals surface area (Å²) in [6, 6.07) is -0.354. The zero-order valence-corrected chi connectivity index (χ0v) is 12.6. The van der Waals surface area contributed by atoms with E-state index in [2.05, 4.69) is 24.5 Å². The van der Waals surface area contributed by atoms with Gasteiger partial charge in [-0.3, -0.25) is 14.5 Å². The highest BCUT2D eigenvalue weighted by atomic mass is 16.2. The van der Waals surface area contributed by atoms with Crippen molar-refractivity contribution in [3.63, 3.8) is 0 Å².